The molecule has 28 heavy (non-hydrogen) atoms. The van der Waals surface area contributed by atoms with Crippen LogP contribution in [0.3, 0.4) is 0 Å². The van der Waals surface area contributed by atoms with Gasteiger partial charge in [0.25, 0.3) is 0 Å². The molecule has 1 atom stereocenters. The molecule has 3 rings (SSSR count). The maximum atomic E-state index is 11.0. The van der Waals surface area contributed by atoms with Crippen LogP contribution in [0, 0.1) is 13.8 Å². The Kier molecular flexibility index (Phi) is 5.82. The molecule has 0 aromatic heterocycles. The number of aryl methyl sites for hydroxylation is 2. The first-order valence-corrected chi connectivity index (χ1v) is 10.7. The van der Waals surface area contributed by atoms with Gasteiger partial charge in [-0.1, -0.05) is 65.8 Å². The maximum Gasteiger partial charge on any atom is 0.127 e. The van der Waals surface area contributed by atoms with Crippen LogP contribution in [0.25, 0.3) is 0 Å². The fourth-order valence-corrected chi connectivity index (χ4v) is 4.95. The first-order chi connectivity index (χ1) is 13.2. The monoisotopic (exact) mass is 391 g/mol. The van der Waals surface area contributed by atoms with Gasteiger partial charge in [-0.3, -0.25) is 0 Å². The molecule has 0 heterocycles. The van der Waals surface area contributed by atoms with Crippen LogP contribution in [-0.2, 0) is 5.41 Å². The summed E-state index contributed by atoms with van der Waals surface area (Å²) in [6.45, 7) is 10.7. The Bertz CT molecular complexity index is 974. The van der Waals surface area contributed by atoms with E-state index in [4.69, 9.17) is 0 Å². The number of phenols is 1. The number of hydrogen-bond donors (Lipinski definition) is 1. The van der Waals surface area contributed by atoms with Crippen LogP contribution < -0.4 is 15.5 Å². The molecule has 1 N–H and O–H groups in total. The second kappa shape index (κ2) is 7.97. The van der Waals surface area contributed by atoms with Crippen LogP contribution in [0.15, 0.2) is 60.7 Å². The molecule has 0 spiro atoms. The predicted octanol–water partition coefficient (Wildman–Crippen LogP) is 5.70. The number of nitrogens with zero attached hydrogens (tertiary/aromatic N) is 1. The van der Waals surface area contributed by atoms with E-state index in [1.54, 1.807) is 0 Å². The molecule has 0 fully saturated rings. The Labute approximate surface area is 171 Å². The highest BCUT2D eigenvalue weighted by Gasteiger charge is 2.22. The predicted molar refractivity (Wildman–Crippen MR) is 125 cm³/mol. The van der Waals surface area contributed by atoms with Crippen molar-refractivity contribution in [1.82, 2.24) is 0 Å². The molecule has 0 aliphatic rings. The van der Waals surface area contributed by atoms with E-state index in [9.17, 15) is 5.11 Å². The van der Waals surface area contributed by atoms with Crippen molar-refractivity contribution in [3.05, 3.63) is 77.4 Å². The normalized spacial score (nSPS) is 11.9. The lowest BCUT2D eigenvalue weighted by Crippen LogP contribution is -2.21. The second-order valence-corrected chi connectivity index (χ2v) is 9.74. The van der Waals surface area contributed by atoms with Gasteiger partial charge in [-0.05, 0) is 54.7 Å². The first-order valence-electron chi connectivity index (χ1n) is 9.68. The molecule has 0 saturated heterocycles. The first kappa shape index (κ1) is 20.4. The Morgan fingerprint density at radius 1 is 0.893 bits per heavy atom. The summed E-state index contributed by atoms with van der Waals surface area (Å²) in [5.74, 6) is 0.438. The molecule has 146 valence electrons. The molecular weight excluding hydrogens is 361 g/mol. The number of para-hydroxylation sites is 1. The van der Waals surface area contributed by atoms with Gasteiger partial charge in [-0.25, -0.2) is 0 Å². The Morgan fingerprint density at radius 3 is 2.21 bits per heavy atom. The molecule has 3 heteroatoms. The second-order valence-electron chi connectivity index (χ2n) is 8.45. The molecule has 0 amide bonds. The Balaban J connectivity index is 2.08. The molecule has 0 bridgehead atoms. The molecule has 0 radical (unpaired) electrons. The van der Waals surface area contributed by atoms with E-state index < -0.39 is 0 Å². The third-order valence-corrected chi connectivity index (χ3v) is 6.63. The van der Waals surface area contributed by atoms with Crippen LogP contribution in [-0.4, -0.2) is 12.2 Å². The van der Waals surface area contributed by atoms with Crippen LogP contribution in [0.2, 0.25) is 0 Å². The summed E-state index contributed by atoms with van der Waals surface area (Å²) in [5.41, 5.74) is 5.70. The minimum Gasteiger partial charge on any atom is -0.507 e. The molecular formula is C25H30NOP. The number of anilines is 2. The average molecular weight is 391 g/mol. The number of phenolic OH excluding ortho intramolecular Hbond substituents is 1. The molecule has 0 saturated carbocycles. The van der Waals surface area contributed by atoms with E-state index in [-0.39, 0.29) is 5.41 Å². The summed E-state index contributed by atoms with van der Waals surface area (Å²) < 4.78 is 0. The molecule has 0 aliphatic carbocycles. The third kappa shape index (κ3) is 4.23. The van der Waals surface area contributed by atoms with E-state index >= 15 is 0 Å². The topological polar surface area (TPSA) is 23.5 Å². The summed E-state index contributed by atoms with van der Waals surface area (Å²) in [4.78, 5) is 2.23. The summed E-state index contributed by atoms with van der Waals surface area (Å²) in [6.07, 6.45) is 0. The highest BCUT2D eigenvalue weighted by atomic mass is 31.1. The minimum absolute atomic E-state index is 0.0925. The zero-order chi connectivity index (χ0) is 20.5. The number of benzene rings is 3. The van der Waals surface area contributed by atoms with Crippen molar-refractivity contribution in [3.63, 3.8) is 0 Å². The Hall–Kier alpha value is -2.31. The highest BCUT2D eigenvalue weighted by molar-refractivity contribution is 7.56. The number of rotatable bonds is 4. The van der Waals surface area contributed by atoms with E-state index in [0.29, 0.717) is 14.3 Å². The lowest BCUT2D eigenvalue weighted by Gasteiger charge is -2.26. The Morgan fingerprint density at radius 2 is 1.57 bits per heavy atom. The van der Waals surface area contributed by atoms with Crippen LogP contribution in [0.4, 0.5) is 11.4 Å². The van der Waals surface area contributed by atoms with Gasteiger partial charge in [0.05, 0.1) is 0 Å². The van der Waals surface area contributed by atoms with Crippen LogP contribution in [0.1, 0.15) is 37.5 Å². The van der Waals surface area contributed by atoms with E-state index in [2.05, 4.69) is 101 Å². The van der Waals surface area contributed by atoms with Gasteiger partial charge in [0.1, 0.15) is 5.75 Å². The van der Waals surface area contributed by atoms with E-state index in [0.717, 1.165) is 16.6 Å². The van der Waals surface area contributed by atoms with Crippen molar-refractivity contribution < 1.29 is 5.11 Å². The largest absolute Gasteiger partial charge is 0.507 e. The van der Waals surface area contributed by atoms with Gasteiger partial charge in [0, 0.05) is 34.6 Å². The quantitative estimate of drug-likeness (QED) is 0.577. The molecule has 3 aromatic rings. The van der Waals surface area contributed by atoms with Crippen LogP contribution in [0.5, 0.6) is 5.75 Å². The van der Waals surface area contributed by atoms with E-state index in [1.807, 2.05) is 6.07 Å². The molecule has 2 nitrogen and oxygen atoms in total. The van der Waals surface area contributed by atoms with Crippen molar-refractivity contribution in [2.24, 2.45) is 0 Å². The van der Waals surface area contributed by atoms with Gasteiger partial charge in [0.15, 0.2) is 0 Å². The van der Waals surface area contributed by atoms with Gasteiger partial charge >= 0.3 is 0 Å². The lowest BCUT2D eigenvalue weighted by atomic mass is 9.85. The fraction of sp³-hybridized carbons (Fsp3) is 0.280. The van der Waals surface area contributed by atoms with Crippen molar-refractivity contribution in [2.75, 3.05) is 11.9 Å². The standard InChI is InChI=1S/C25H30NOP/c1-17-15-20(25(3,4)5)23(27)22(16-17)28-24-18(2)11-10-14-21(24)26(6)19-12-8-7-9-13-19/h7-16,27-28H,1-6H3. The summed E-state index contributed by atoms with van der Waals surface area (Å²) in [7, 11) is 2.50. The van der Waals surface area contributed by atoms with Crippen molar-refractivity contribution >= 4 is 30.6 Å². The molecule has 1 unspecified atom stereocenters. The zero-order valence-electron chi connectivity index (χ0n) is 17.7. The average Bonchev–Trinajstić information content (AvgIpc) is 2.65. The van der Waals surface area contributed by atoms with Crippen LogP contribution >= 0.6 is 8.58 Å². The van der Waals surface area contributed by atoms with Gasteiger partial charge in [-0.15, -0.1) is 0 Å². The summed E-state index contributed by atoms with van der Waals surface area (Å²) >= 11 is 0. The van der Waals surface area contributed by atoms with Crippen molar-refractivity contribution in [2.45, 2.75) is 40.0 Å². The number of hydrogen-bond acceptors (Lipinski definition) is 2. The fourth-order valence-electron chi connectivity index (χ4n) is 3.47. The minimum atomic E-state index is -0.0925. The third-order valence-electron chi connectivity index (χ3n) is 5.08. The molecule has 3 aromatic carbocycles. The smallest absolute Gasteiger partial charge is 0.127 e. The molecule has 0 aliphatic heterocycles. The van der Waals surface area contributed by atoms with Crippen molar-refractivity contribution in [3.8, 4) is 5.75 Å². The zero-order valence-corrected chi connectivity index (χ0v) is 18.7. The SMILES string of the molecule is Cc1cc(Pc2c(C)cccc2N(C)c2ccccc2)c(O)c(C(C)(C)C)c1. The number of aromatic hydroxyl groups is 1. The highest BCUT2D eigenvalue weighted by Crippen LogP contribution is 2.35. The summed E-state index contributed by atoms with van der Waals surface area (Å²) in [5, 5.41) is 13.3. The summed E-state index contributed by atoms with van der Waals surface area (Å²) in [6, 6.07) is 21.1. The maximum absolute atomic E-state index is 11.0. The lowest BCUT2D eigenvalue weighted by molar-refractivity contribution is 0.450. The van der Waals surface area contributed by atoms with Crippen molar-refractivity contribution in [1.29, 1.82) is 0 Å². The van der Waals surface area contributed by atoms with Gasteiger partial charge in [-0.2, -0.15) is 0 Å². The van der Waals surface area contributed by atoms with E-state index in [1.165, 1.54) is 22.1 Å². The van der Waals surface area contributed by atoms with Gasteiger partial charge < -0.3 is 10.0 Å². The van der Waals surface area contributed by atoms with Gasteiger partial charge in [0.2, 0.25) is 0 Å².